The number of hydrogen-bond donors (Lipinski definition) is 22. The number of rotatable bonds is 23. The molecule has 4 aliphatic heterocycles. The third-order valence-electron chi connectivity index (χ3n) is 16.2. The van der Waals surface area contributed by atoms with Crippen molar-refractivity contribution in [2.45, 2.75) is 209 Å². The Labute approximate surface area is 479 Å². The molecular formula is C46H84N14O24. The number of aliphatic hydroxyl groups is 14. The van der Waals surface area contributed by atoms with Gasteiger partial charge >= 0.3 is 0 Å². The Bertz CT molecular complexity index is 2160. The van der Waals surface area contributed by atoms with E-state index < -0.39 is 220 Å². The topological polar surface area (TPSA) is 655 Å². The van der Waals surface area contributed by atoms with E-state index in [1.54, 1.807) is 0 Å². The fourth-order valence-electron chi connectivity index (χ4n) is 11.5. The van der Waals surface area contributed by atoms with E-state index in [9.17, 15) is 81.1 Å². The zero-order valence-electron chi connectivity index (χ0n) is 46.2. The molecule has 0 amide bonds. The minimum atomic E-state index is -2.60. The van der Waals surface area contributed by atoms with Crippen LogP contribution in [0.5, 0.6) is 0 Å². The van der Waals surface area contributed by atoms with E-state index in [2.05, 4.69) is 20.0 Å². The molecule has 38 nitrogen and oxygen atoms in total. The van der Waals surface area contributed by atoms with Crippen LogP contribution in [0.4, 0.5) is 0 Å². The van der Waals surface area contributed by atoms with Gasteiger partial charge in [0.05, 0.1) is 37.5 Å². The molecule has 482 valence electrons. The molecule has 38 heteroatoms. The standard InChI is InChI=1S/C46H84N14O24/c1-13-45(75,11-63)35(39(77-13)81-33-19(57-43(51)52)25(67)17(55-41(47)48)27(69)31(33)73)83-37-21(29(71)23(65)15(9-61)79-37)59(3)7-5-6-8-60(4)22-30(72)24(66)16(10-62)80-38(22)84-36-40(78-14(2)46(36,76)12-64)82-34-20(58-44(53)54)26(68)18(56-42(49)50)28(70)32(34)74/h11-40,61-62,65-76H,5-10H2,1-4H3,(H4,47,48,55)(H4,49,50,56)(H4,51,52,57)(H4,53,54,58)/t13-,14-,15?,16?,17?,18?,19-,20-,21+,22?,23-,24-,25?,26?,27-,28-,29?,30+,31-,32?,33?,34-,35+,36?,37-,38-,39-,40-,45?,46-/m0/s1. The van der Waals surface area contributed by atoms with E-state index in [-0.39, 0.29) is 38.5 Å². The number of unbranched alkanes of at least 4 members (excludes halogenated alkanes) is 1. The fraction of sp³-hybridized carbons (Fsp3) is 0.870. The first-order chi connectivity index (χ1) is 39.3. The molecule has 12 unspecified atom stereocenters. The molecule has 0 radical (unpaired) electrons. The molecule has 30 atom stereocenters. The summed E-state index contributed by atoms with van der Waals surface area (Å²) in [5.41, 5.74) is 39.3. The highest BCUT2D eigenvalue weighted by molar-refractivity contribution is 5.77. The average Bonchev–Trinajstić information content (AvgIpc) is 3.84. The molecule has 6 aliphatic rings. The Balaban J connectivity index is 1.21. The van der Waals surface area contributed by atoms with Crippen LogP contribution in [0.1, 0.15) is 26.7 Å². The number of ether oxygens (including phenoxy) is 8. The molecule has 30 N–H and O–H groups in total. The van der Waals surface area contributed by atoms with Gasteiger partial charge < -0.3 is 155 Å². The molecule has 4 saturated heterocycles. The van der Waals surface area contributed by atoms with Crippen molar-refractivity contribution in [3.63, 3.8) is 0 Å². The second-order valence-corrected chi connectivity index (χ2v) is 21.8. The zero-order valence-corrected chi connectivity index (χ0v) is 46.2. The number of aliphatic hydroxyl groups excluding tert-OH is 12. The van der Waals surface area contributed by atoms with Crippen LogP contribution >= 0.6 is 0 Å². The van der Waals surface area contributed by atoms with E-state index in [0.717, 1.165) is 0 Å². The summed E-state index contributed by atoms with van der Waals surface area (Å²) < 4.78 is 48.2. The van der Waals surface area contributed by atoms with Gasteiger partial charge in [0, 0.05) is 0 Å². The number of likely N-dealkylation sites (N-methyl/N-ethyl adjacent to an activating group) is 2. The number of aliphatic imine (C=N–C) groups is 4. The quantitative estimate of drug-likeness (QED) is 0.0195. The van der Waals surface area contributed by atoms with Crippen LogP contribution in [0, 0.1) is 0 Å². The molecule has 84 heavy (non-hydrogen) atoms. The van der Waals surface area contributed by atoms with Crippen molar-refractivity contribution >= 4 is 36.4 Å². The highest BCUT2D eigenvalue weighted by Crippen LogP contribution is 2.42. The molecule has 2 saturated carbocycles. The van der Waals surface area contributed by atoms with E-state index in [1.165, 1.54) is 37.7 Å². The second-order valence-electron chi connectivity index (χ2n) is 21.8. The minimum Gasteiger partial charge on any atom is -0.394 e. The molecule has 0 bridgehead atoms. The van der Waals surface area contributed by atoms with E-state index in [1.807, 2.05) is 0 Å². The van der Waals surface area contributed by atoms with Crippen molar-refractivity contribution < 1.29 is 119 Å². The largest absolute Gasteiger partial charge is 0.394 e. The lowest BCUT2D eigenvalue weighted by atomic mass is 9.81. The first kappa shape index (κ1) is 68.6. The maximum atomic E-state index is 12.8. The summed E-state index contributed by atoms with van der Waals surface area (Å²) in [7, 11) is 2.96. The van der Waals surface area contributed by atoms with Crippen molar-refractivity contribution in [3.8, 4) is 0 Å². The summed E-state index contributed by atoms with van der Waals surface area (Å²) in [5, 5.41) is 157. The molecule has 0 spiro atoms. The van der Waals surface area contributed by atoms with Crippen molar-refractivity contribution in [2.75, 3.05) is 40.4 Å². The lowest BCUT2D eigenvalue weighted by Crippen LogP contribution is -2.67. The second kappa shape index (κ2) is 28.1. The van der Waals surface area contributed by atoms with Crippen LogP contribution < -0.4 is 45.9 Å². The Kier molecular flexibility index (Phi) is 22.9. The number of nitrogens with two attached hydrogens (primary N) is 8. The molecule has 2 aliphatic carbocycles. The van der Waals surface area contributed by atoms with E-state index in [4.69, 9.17) is 83.8 Å². The van der Waals surface area contributed by atoms with Gasteiger partial charge in [0.1, 0.15) is 122 Å². The molecule has 6 fully saturated rings. The summed E-state index contributed by atoms with van der Waals surface area (Å²) >= 11 is 0. The van der Waals surface area contributed by atoms with Crippen molar-refractivity contribution in [2.24, 2.45) is 65.8 Å². The van der Waals surface area contributed by atoms with Gasteiger partial charge in [-0.1, -0.05) is 0 Å². The predicted molar refractivity (Wildman–Crippen MR) is 282 cm³/mol. The molecule has 0 aromatic carbocycles. The Morgan fingerprint density at radius 2 is 0.762 bits per heavy atom. The van der Waals surface area contributed by atoms with Crippen LogP contribution in [-0.2, 0) is 47.5 Å². The number of guanidine groups is 4. The maximum Gasteiger partial charge on any atom is 0.188 e. The summed E-state index contributed by atoms with van der Waals surface area (Å²) in [6, 6.07) is -9.27. The highest BCUT2D eigenvalue weighted by atomic mass is 16.8. The number of aldehydes is 2. The normalized spacial score (nSPS) is 46.1. The SMILES string of the molecule is C[C@@H]1O[C@@H](OC2[C@@H](N=C(N)N)C(O)C(N=C(N)N)[C@H](O)[C@@H]2O)[C@@H](O[C@@H]2OC(CO)[C@H](O)C(O)[C@H]2N(C)CCCCN(C)C2[C@H](OC3[C@H](O[C@@H]4C(O)[C@@H](O)C(N=C(N)N)C(O)[C@@H]4N=C(N)N)O[C@@H](C)[C@@]3(O)C=O)OC(CO)[C@H](O)[C@@H]2O)C1(O)C=O. The van der Waals surface area contributed by atoms with Crippen LogP contribution in [0.3, 0.4) is 0 Å². The van der Waals surface area contributed by atoms with Gasteiger partial charge in [-0.2, -0.15) is 0 Å². The number of carbonyl (C=O) groups excluding carboxylic acids is 2. The Morgan fingerprint density at radius 1 is 0.452 bits per heavy atom. The van der Waals surface area contributed by atoms with Gasteiger partial charge in [-0.3, -0.25) is 19.4 Å². The van der Waals surface area contributed by atoms with Gasteiger partial charge in [0.25, 0.3) is 0 Å². The van der Waals surface area contributed by atoms with Gasteiger partial charge in [0.2, 0.25) is 0 Å². The average molecular weight is 1220 g/mol. The van der Waals surface area contributed by atoms with Gasteiger partial charge in [0.15, 0.2) is 72.8 Å². The summed E-state index contributed by atoms with van der Waals surface area (Å²) in [6.45, 7) is 0.795. The van der Waals surface area contributed by atoms with Crippen LogP contribution in [-0.4, -0.2) is 341 Å². The number of nitrogens with zero attached hydrogens (tertiary/aromatic N) is 6. The first-order valence-corrected chi connectivity index (χ1v) is 26.7. The lowest BCUT2D eigenvalue weighted by molar-refractivity contribution is -0.324. The third-order valence-corrected chi connectivity index (χ3v) is 16.2. The van der Waals surface area contributed by atoms with Crippen LogP contribution in [0.25, 0.3) is 0 Å². The molecule has 0 aromatic heterocycles. The fourth-order valence-corrected chi connectivity index (χ4v) is 11.5. The summed E-state index contributed by atoms with van der Waals surface area (Å²) in [4.78, 5) is 43.9. The number of carbonyl (C=O) groups is 2. The Morgan fingerprint density at radius 3 is 1.05 bits per heavy atom. The summed E-state index contributed by atoms with van der Waals surface area (Å²) in [6.07, 6.45) is -38.9. The van der Waals surface area contributed by atoms with E-state index >= 15 is 0 Å². The number of hydrogen-bond acceptors (Lipinski definition) is 30. The smallest absolute Gasteiger partial charge is 0.188 e. The zero-order chi connectivity index (χ0) is 62.8. The predicted octanol–water partition coefficient (Wildman–Crippen LogP) is -15.1. The van der Waals surface area contributed by atoms with Crippen molar-refractivity contribution in [1.82, 2.24) is 9.80 Å². The monoisotopic (exact) mass is 1220 g/mol. The molecule has 4 heterocycles. The first-order valence-electron chi connectivity index (χ1n) is 26.7. The maximum absolute atomic E-state index is 12.8. The van der Waals surface area contributed by atoms with E-state index in [0.29, 0.717) is 0 Å². The van der Waals surface area contributed by atoms with Crippen LogP contribution in [0.2, 0.25) is 0 Å². The Hall–Kier alpha value is -4.54. The van der Waals surface area contributed by atoms with Gasteiger partial charge in [-0.15, -0.1) is 0 Å². The molecular weight excluding hydrogens is 1130 g/mol. The van der Waals surface area contributed by atoms with Crippen LogP contribution in [0.15, 0.2) is 20.0 Å². The molecule has 0 aromatic rings. The molecule has 6 rings (SSSR count). The van der Waals surface area contributed by atoms with Crippen molar-refractivity contribution in [3.05, 3.63) is 0 Å². The summed E-state index contributed by atoms with van der Waals surface area (Å²) in [5.74, 6) is -2.39. The van der Waals surface area contributed by atoms with Crippen molar-refractivity contribution in [1.29, 1.82) is 0 Å². The minimum absolute atomic E-state index is 0.0114. The highest BCUT2D eigenvalue weighted by Gasteiger charge is 2.63. The van der Waals surface area contributed by atoms with Gasteiger partial charge in [-0.05, 0) is 53.9 Å². The third kappa shape index (κ3) is 13.9. The lowest BCUT2D eigenvalue weighted by Gasteiger charge is -2.48. The van der Waals surface area contributed by atoms with Gasteiger partial charge in [-0.25, -0.2) is 20.0 Å².